The first-order valence-corrected chi connectivity index (χ1v) is 9.20. The summed E-state index contributed by atoms with van der Waals surface area (Å²) in [6.45, 7) is 1.99. The third-order valence-electron chi connectivity index (χ3n) is 5.02. The topological polar surface area (TPSA) is 71.8 Å². The van der Waals surface area contributed by atoms with Gasteiger partial charge in [0.05, 0.1) is 13.0 Å². The van der Waals surface area contributed by atoms with E-state index < -0.39 is 0 Å². The fourth-order valence-corrected chi connectivity index (χ4v) is 3.59. The maximum Gasteiger partial charge on any atom is 0.231 e. The molecule has 0 spiro atoms. The lowest BCUT2D eigenvalue weighted by Crippen LogP contribution is -2.43. The van der Waals surface area contributed by atoms with Crippen molar-refractivity contribution in [1.82, 2.24) is 19.9 Å². The highest BCUT2D eigenvalue weighted by atomic mass is 16.5. The smallest absolute Gasteiger partial charge is 0.231 e. The van der Waals surface area contributed by atoms with Gasteiger partial charge in [-0.15, -0.1) is 10.2 Å². The Morgan fingerprint density at radius 2 is 2.07 bits per heavy atom. The molecule has 1 fully saturated rings. The van der Waals surface area contributed by atoms with Gasteiger partial charge in [-0.3, -0.25) is 9.20 Å². The van der Waals surface area contributed by atoms with Gasteiger partial charge in [0.2, 0.25) is 11.9 Å². The maximum absolute atomic E-state index is 12.7. The molecular weight excluding hydrogens is 342 g/mol. The quantitative estimate of drug-likeness (QED) is 0.751. The number of nitrogens with one attached hydrogen (secondary N) is 1. The first-order valence-electron chi connectivity index (χ1n) is 9.20. The summed E-state index contributed by atoms with van der Waals surface area (Å²) in [5, 5.41) is 11.6. The Hall–Kier alpha value is -3.09. The number of anilines is 1. The monoisotopic (exact) mass is 365 g/mol. The van der Waals surface area contributed by atoms with Gasteiger partial charge in [0.1, 0.15) is 5.75 Å². The molecule has 140 valence electrons. The highest BCUT2D eigenvalue weighted by molar-refractivity contribution is 5.79. The van der Waals surface area contributed by atoms with Crippen LogP contribution in [0.1, 0.15) is 18.4 Å². The Kier molecular flexibility index (Phi) is 4.91. The average Bonchev–Trinajstić information content (AvgIpc) is 3.16. The Balaban J connectivity index is 1.42. The van der Waals surface area contributed by atoms with E-state index in [1.807, 2.05) is 53.1 Å². The van der Waals surface area contributed by atoms with E-state index in [2.05, 4.69) is 20.4 Å². The van der Waals surface area contributed by atoms with Crippen LogP contribution < -0.4 is 15.0 Å². The molecule has 7 nitrogen and oxygen atoms in total. The molecule has 1 aliphatic rings. The number of hydrogen-bond acceptors (Lipinski definition) is 5. The number of amides is 1. The number of pyridine rings is 1. The van der Waals surface area contributed by atoms with Crippen molar-refractivity contribution in [1.29, 1.82) is 0 Å². The van der Waals surface area contributed by atoms with Crippen molar-refractivity contribution >= 4 is 17.5 Å². The van der Waals surface area contributed by atoms with Crippen molar-refractivity contribution in [3.8, 4) is 5.75 Å². The second-order valence-corrected chi connectivity index (χ2v) is 6.74. The summed E-state index contributed by atoms with van der Waals surface area (Å²) in [5.74, 6) is 1.59. The minimum Gasteiger partial charge on any atom is -0.496 e. The molecule has 1 N–H and O–H groups in total. The lowest BCUT2D eigenvalue weighted by atomic mass is 9.97. The number of benzene rings is 1. The predicted octanol–water partition coefficient (Wildman–Crippen LogP) is 2.27. The Bertz CT molecular complexity index is 939. The lowest BCUT2D eigenvalue weighted by molar-refractivity contribution is -0.125. The number of carbonyl (C=O) groups is 1. The van der Waals surface area contributed by atoms with E-state index in [9.17, 15) is 4.79 Å². The predicted molar refractivity (Wildman–Crippen MR) is 103 cm³/mol. The van der Waals surface area contributed by atoms with E-state index >= 15 is 0 Å². The third-order valence-corrected chi connectivity index (χ3v) is 5.02. The van der Waals surface area contributed by atoms with Crippen LogP contribution in [-0.4, -0.2) is 40.7 Å². The molecule has 4 rings (SSSR count). The van der Waals surface area contributed by atoms with Gasteiger partial charge < -0.3 is 15.0 Å². The zero-order chi connectivity index (χ0) is 18.6. The van der Waals surface area contributed by atoms with Gasteiger partial charge in [-0.05, 0) is 31.0 Å². The van der Waals surface area contributed by atoms with Crippen molar-refractivity contribution in [3.63, 3.8) is 0 Å². The van der Waals surface area contributed by atoms with Crippen LogP contribution in [0.15, 0.2) is 48.7 Å². The summed E-state index contributed by atoms with van der Waals surface area (Å²) in [4.78, 5) is 14.9. The number of para-hydroxylation sites is 1. The normalized spacial score (nSPS) is 17.1. The van der Waals surface area contributed by atoms with Gasteiger partial charge in [-0.1, -0.05) is 24.3 Å². The van der Waals surface area contributed by atoms with E-state index in [4.69, 9.17) is 4.74 Å². The molecule has 27 heavy (non-hydrogen) atoms. The molecule has 2 aromatic heterocycles. The Morgan fingerprint density at radius 3 is 2.96 bits per heavy atom. The summed E-state index contributed by atoms with van der Waals surface area (Å²) >= 11 is 0. The molecule has 1 aliphatic heterocycles. The number of fused-ring (bicyclic) bond motifs is 1. The molecular formula is C20H23N5O2. The van der Waals surface area contributed by atoms with Crippen LogP contribution in [0.5, 0.6) is 5.75 Å². The van der Waals surface area contributed by atoms with Crippen molar-refractivity contribution in [2.45, 2.75) is 19.4 Å². The van der Waals surface area contributed by atoms with Crippen LogP contribution in [-0.2, 0) is 11.3 Å². The highest BCUT2D eigenvalue weighted by Crippen LogP contribution is 2.23. The van der Waals surface area contributed by atoms with E-state index in [0.29, 0.717) is 13.1 Å². The second-order valence-electron chi connectivity index (χ2n) is 6.74. The molecule has 1 aromatic carbocycles. The standard InChI is InChI=1S/C20H23N5O2/c1-27-17-9-3-2-7-15(17)13-21-19(26)16-8-6-11-24(14-16)20-23-22-18-10-4-5-12-25(18)20/h2-5,7,9-10,12,16H,6,8,11,13-14H2,1H3,(H,21,26). The molecule has 1 atom stereocenters. The van der Waals surface area contributed by atoms with Crippen LogP contribution in [0, 0.1) is 5.92 Å². The average molecular weight is 365 g/mol. The first-order chi connectivity index (χ1) is 13.3. The third kappa shape index (κ3) is 3.58. The van der Waals surface area contributed by atoms with Gasteiger partial charge in [-0.25, -0.2) is 0 Å². The zero-order valence-corrected chi connectivity index (χ0v) is 15.3. The summed E-state index contributed by atoms with van der Waals surface area (Å²) in [6.07, 6.45) is 3.79. The van der Waals surface area contributed by atoms with Gasteiger partial charge >= 0.3 is 0 Å². The second kappa shape index (κ2) is 7.65. The fourth-order valence-electron chi connectivity index (χ4n) is 3.59. The van der Waals surface area contributed by atoms with Gasteiger partial charge in [-0.2, -0.15) is 0 Å². The molecule has 0 aliphatic carbocycles. The SMILES string of the molecule is COc1ccccc1CNC(=O)C1CCCN(c2nnc3ccccn23)C1. The number of piperidine rings is 1. The summed E-state index contributed by atoms with van der Waals surface area (Å²) in [5.41, 5.74) is 1.79. The fraction of sp³-hybridized carbons (Fsp3) is 0.350. The molecule has 0 saturated carbocycles. The van der Waals surface area contributed by atoms with Gasteiger partial charge in [0.15, 0.2) is 5.65 Å². The number of methoxy groups -OCH3 is 1. The molecule has 3 heterocycles. The Morgan fingerprint density at radius 1 is 1.22 bits per heavy atom. The maximum atomic E-state index is 12.7. The summed E-state index contributed by atoms with van der Waals surface area (Å²) < 4.78 is 7.32. The van der Waals surface area contributed by atoms with Crippen LogP contribution in [0.25, 0.3) is 5.65 Å². The molecule has 0 radical (unpaired) electrons. The highest BCUT2D eigenvalue weighted by Gasteiger charge is 2.28. The van der Waals surface area contributed by atoms with E-state index in [1.54, 1.807) is 7.11 Å². The number of rotatable bonds is 5. The zero-order valence-electron chi connectivity index (χ0n) is 15.3. The molecule has 1 amide bonds. The number of nitrogens with zero attached hydrogens (tertiary/aromatic N) is 4. The van der Waals surface area contributed by atoms with E-state index in [0.717, 1.165) is 42.3 Å². The summed E-state index contributed by atoms with van der Waals surface area (Å²) in [6, 6.07) is 13.6. The summed E-state index contributed by atoms with van der Waals surface area (Å²) in [7, 11) is 1.64. The van der Waals surface area contributed by atoms with Crippen molar-refractivity contribution in [2.75, 3.05) is 25.1 Å². The van der Waals surface area contributed by atoms with Crippen molar-refractivity contribution in [2.24, 2.45) is 5.92 Å². The van der Waals surface area contributed by atoms with Crippen molar-refractivity contribution < 1.29 is 9.53 Å². The van der Waals surface area contributed by atoms with Crippen LogP contribution in [0.4, 0.5) is 5.95 Å². The van der Waals surface area contributed by atoms with E-state index in [1.165, 1.54) is 0 Å². The van der Waals surface area contributed by atoms with Crippen LogP contribution in [0.2, 0.25) is 0 Å². The van der Waals surface area contributed by atoms with Crippen LogP contribution in [0.3, 0.4) is 0 Å². The number of ether oxygens (including phenoxy) is 1. The molecule has 7 heteroatoms. The minimum atomic E-state index is -0.0653. The number of aromatic nitrogens is 3. The minimum absolute atomic E-state index is 0.0653. The van der Waals surface area contributed by atoms with E-state index in [-0.39, 0.29) is 11.8 Å². The lowest BCUT2D eigenvalue weighted by Gasteiger charge is -2.32. The van der Waals surface area contributed by atoms with Crippen LogP contribution >= 0.6 is 0 Å². The molecule has 1 unspecified atom stereocenters. The molecule has 1 saturated heterocycles. The number of carbonyl (C=O) groups excluding carboxylic acids is 1. The largest absolute Gasteiger partial charge is 0.496 e. The molecule has 3 aromatic rings. The Labute approximate surface area is 158 Å². The first kappa shape index (κ1) is 17.3. The number of hydrogen-bond donors (Lipinski definition) is 1. The molecule has 0 bridgehead atoms. The van der Waals surface area contributed by atoms with Gasteiger partial charge in [0, 0.05) is 31.4 Å². The van der Waals surface area contributed by atoms with Gasteiger partial charge in [0.25, 0.3) is 0 Å². The van der Waals surface area contributed by atoms with Crippen molar-refractivity contribution in [3.05, 3.63) is 54.2 Å².